The molecule has 2 fully saturated rings. The molecule has 88 valence electrons. The van der Waals surface area contributed by atoms with E-state index in [4.69, 9.17) is 4.74 Å². The van der Waals surface area contributed by atoms with Crippen molar-refractivity contribution in [3.63, 3.8) is 0 Å². The number of nitrogens with one attached hydrogen (secondary N) is 2. The molecule has 3 nitrogen and oxygen atoms in total. The highest BCUT2D eigenvalue weighted by molar-refractivity contribution is 4.94. The van der Waals surface area contributed by atoms with E-state index >= 15 is 0 Å². The number of rotatable bonds is 3. The number of ether oxygens (including phenoxy) is 1. The predicted molar refractivity (Wildman–Crippen MR) is 62.0 cm³/mol. The summed E-state index contributed by atoms with van der Waals surface area (Å²) in [4.78, 5) is 0. The summed E-state index contributed by atoms with van der Waals surface area (Å²) < 4.78 is 5.63. The number of hydrogen-bond donors (Lipinski definition) is 2. The lowest BCUT2D eigenvalue weighted by molar-refractivity contribution is 0.0864. The average molecular weight is 212 g/mol. The molecular formula is C12H24N2O. The van der Waals surface area contributed by atoms with Crippen LogP contribution in [0.2, 0.25) is 0 Å². The molecule has 15 heavy (non-hydrogen) atoms. The summed E-state index contributed by atoms with van der Waals surface area (Å²) in [5, 5.41) is 7.13. The molecule has 3 heteroatoms. The van der Waals surface area contributed by atoms with Gasteiger partial charge in [0, 0.05) is 12.1 Å². The third-order valence-electron chi connectivity index (χ3n) is 4.14. The molecule has 0 spiro atoms. The largest absolute Gasteiger partial charge is 0.377 e. The van der Waals surface area contributed by atoms with Crippen molar-refractivity contribution in [3.8, 4) is 0 Å². The normalized spacial score (nSPS) is 38.4. The Morgan fingerprint density at radius 1 is 1.40 bits per heavy atom. The summed E-state index contributed by atoms with van der Waals surface area (Å²) in [5.74, 6) is 0.857. The molecule has 2 aliphatic rings. The fraction of sp³-hybridized carbons (Fsp3) is 1.00. The van der Waals surface area contributed by atoms with Gasteiger partial charge in [0.25, 0.3) is 0 Å². The van der Waals surface area contributed by atoms with Gasteiger partial charge >= 0.3 is 0 Å². The Labute approximate surface area is 93.0 Å². The SMILES string of the molecule is CC1OCCC1(C)NCC1CCNCC1. The van der Waals surface area contributed by atoms with Crippen LogP contribution in [0, 0.1) is 5.92 Å². The van der Waals surface area contributed by atoms with E-state index in [0.717, 1.165) is 25.5 Å². The summed E-state index contributed by atoms with van der Waals surface area (Å²) >= 11 is 0. The van der Waals surface area contributed by atoms with E-state index in [1.54, 1.807) is 0 Å². The minimum absolute atomic E-state index is 0.213. The van der Waals surface area contributed by atoms with Gasteiger partial charge in [0.05, 0.1) is 6.10 Å². The lowest BCUT2D eigenvalue weighted by Crippen LogP contribution is -2.50. The van der Waals surface area contributed by atoms with Crippen molar-refractivity contribution in [2.45, 2.75) is 44.8 Å². The van der Waals surface area contributed by atoms with Gasteiger partial charge in [-0.05, 0) is 58.7 Å². The van der Waals surface area contributed by atoms with E-state index < -0.39 is 0 Å². The number of piperidine rings is 1. The monoisotopic (exact) mass is 212 g/mol. The van der Waals surface area contributed by atoms with E-state index in [0.29, 0.717) is 6.10 Å². The van der Waals surface area contributed by atoms with Crippen molar-refractivity contribution in [2.24, 2.45) is 5.92 Å². The Bertz CT molecular complexity index is 204. The molecule has 2 N–H and O–H groups in total. The maximum Gasteiger partial charge on any atom is 0.0726 e. The van der Waals surface area contributed by atoms with Crippen molar-refractivity contribution in [2.75, 3.05) is 26.2 Å². The van der Waals surface area contributed by atoms with Crippen molar-refractivity contribution in [1.29, 1.82) is 0 Å². The second kappa shape index (κ2) is 4.81. The Balaban J connectivity index is 1.76. The van der Waals surface area contributed by atoms with Crippen molar-refractivity contribution >= 4 is 0 Å². The molecular weight excluding hydrogens is 188 g/mol. The predicted octanol–water partition coefficient (Wildman–Crippen LogP) is 1.14. The van der Waals surface area contributed by atoms with Crippen LogP contribution in [-0.4, -0.2) is 37.9 Å². The Kier molecular flexibility index (Phi) is 3.65. The van der Waals surface area contributed by atoms with Crippen molar-refractivity contribution in [3.05, 3.63) is 0 Å². The summed E-state index contributed by atoms with van der Waals surface area (Å²) in [7, 11) is 0. The zero-order valence-corrected chi connectivity index (χ0v) is 10.0. The fourth-order valence-corrected chi connectivity index (χ4v) is 2.53. The Morgan fingerprint density at radius 2 is 2.13 bits per heavy atom. The molecule has 2 atom stereocenters. The average Bonchev–Trinajstić information content (AvgIpc) is 2.59. The van der Waals surface area contributed by atoms with Crippen molar-refractivity contribution < 1.29 is 4.74 Å². The fourth-order valence-electron chi connectivity index (χ4n) is 2.53. The van der Waals surface area contributed by atoms with E-state index in [1.165, 1.54) is 25.9 Å². The zero-order valence-electron chi connectivity index (χ0n) is 10.0. The minimum Gasteiger partial charge on any atom is -0.377 e. The lowest BCUT2D eigenvalue weighted by atomic mass is 9.92. The first-order valence-corrected chi connectivity index (χ1v) is 6.28. The first kappa shape index (κ1) is 11.4. The highest BCUT2D eigenvalue weighted by Crippen LogP contribution is 2.25. The standard InChI is InChI=1S/C12H24N2O/c1-10-12(2,5-8-15-10)14-9-11-3-6-13-7-4-11/h10-11,13-14H,3-9H2,1-2H3. The van der Waals surface area contributed by atoms with Crippen LogP contribution in [0.3, 0.4) is 0 Å². The molecule has 0 saturated carbocycles. The van der Waals surface area contributed by atoms with E-state index in [-0.39, 0.29) is 5.54 Å². The first-order chi connectivity index (χ1) is 7.21. The van der Waals surface area contributed by atoms with Gasteiger partial charge in [-0.3, -0.25) is 0 Å². The molecule has 2 unspecified atom stereocenters. The molecule has 0 aromatic rings. The van der Waals surface area contributed by atoms with Gasteiger partial charge in [0.15, 0.2) is 0 Å². The Morgan fingerprint density at radius 3 is 2.73 bits per heavy atom. The number of hydrogen-bond acceptors (Lipinski definition) is 3. The lowest BCUT2D eigenvalue weighted by Gasteiger charge is -2.32. The van der Waals surface area contributed by atoms with Gasteiger partial charge in [-0.1, -0.05) is 0 Å². The highest BCUT2D eigenvalue weighted by atomic mass is 16.5. The quantitative estimate of drug-likeness (QED) is 0.736. The van der Waals surface area contributed by atoms with Crippen LogP contribution in [0.4, 0.5) is 0 Å². The molecule has 0 amide bonds. The molecule has 0 bridgehead atoms. The summed E-state index contributed by atoms with van der Waals surface area (Å²) in [6, 6.07) is 0. The third-order valence-corrected chi connectivity index (χ3v) is 4.14. The van der Waals surface area contributed by atoms with Gasteiger partial charge in [-0.15, -0.1) is 0 Å². The van der Waals surface area contributed by atoms with Crippen LogP contribution in [0.5, 0.6) is 0 Å². The molecule has 0 radical (unpaired) electrons. The zero-order chi connectivity index (χ0) is 10.7. The van der Waals surface area contributed by atoms with Gasteiger partial charge in [0.1, 0.15) is 0 Å². The van der Waals surface area contributed by atoms with Gasteiger partial charge < -0.3 is 15.4 Å². The van der Waals surface area contributed by atoms with Crippen LogP contribution in [-0.2, 0) is 4.74 Å². The van der Waals surface area contributed by atoms with Gasteiger partial charge in [-0.25, -0.2) is 0 Å². The second-order valence-electron chi connectivity index (χ2n) is 5.25. The molecule has 0 aromatic heterocycles. The molecule has 2 heterocycles. The second-order valence-corrected chi connectivity index (χ2v) is 5.25. The van der Waals surface area contributed by atoms with E-state index in [9.17, 15) is 0 Å². The van der Waals surface area contributed by atoms with Crippen molar-refractivity contribution in [1.82, 2.24) is 10.6 Å². The van der Waals surface area contributed by atoms with Crippen LogP contribution >= 0.6 is 0 Å². The third kappa shape index (κ3) is 2.71. The molecule has 2 aliphatic heterocycles. The topological polar surface area (TPSA) is 33.3 Å². The Hall–Kier alpha value is -0.120. The smallest absolute Gasteiger partial charge is 0.0726 e. The van der Waals surface area contributed by atoms with Crippen LogP contribution in [0.15, 0.2) is 0 Å². The maximum absolute atomic E-state index is 5.63. The van der Waals surface area contributed by atoms with Crippen LogP contribution in [0.1, 0.15) is 33.1 Å². The maximum atomic E-state index is 5.63. The summed E-state index contributed by atoms with van der Waals surface area (Å²) in [5.41, 5.74) is 0.213. The molecule has 0 aromatic carbocycles. The van der Waals surface area contributed by atoms with E-state index in [1.807, 2.05) is 0 Å². The van der Waals surface area contributed by atoms with Crippen LogP contribution in [0.25, 0.3) is 0 Å². The van der Waals surface area contributed by atoms with E-state index in [2.05, 4.69) is 24.5 Å². The first-order valence-electron chi connectivity index (χ1n) is 6.28. The molecule has 2 rings (SSSR count). The van der Waals surface area contributed by atoms with Gasteiger partial charge in [0.2, 0.25) is 0 Å². The van der Waals surface area contributed by atoms with Gasteiger partial charge in [-0.2, -0.15) is 0 Å². The minimum atomic E-state index is 0.213. The molecule has 2 saturated heterocycles. The highest BCUT2D eigenvalue weighted by Gasteiger charge is 2.36. The van der Waals surface area contributed by atoms with Crippen LogP contribution < -0.4 is 10.6 Å². The summed E-state index contributed by atoms with van der Waals surface area (Å²) in [6.07, 6.45) is 4.15. The molecule has 0 aliphatic carbocycles. The summed E-state index contributed by atoms with van der Waals surface area (Å²) in [6.45, 7) is 8.93.